The van der Waals surface area contributed by atoms with E-state index < -0.39 is 0 Å². The Labute approximate surface area is 57.9 Å². The smallest absolute Gasteiger partial charge is 0 e. The van der Waals surface area contributed by atoms with Crippen LogP contribution in [0.4, 0.5) is 0 Å². The fraction of sp³-hybridized carbons (Fsp3) is 1.00. The van der Waals surface area contributed by atoms with Crippen molar-refractivity contribution < 1.29 is 16.8 Å². The van der Waals surface area contributed by atoms with Crippen LogP contribution in [0.15, 0.2) is 0 Å². The van der Waals surface area contributed by atoms with Crippen LogP contribution in [0.1, 0.15) is 7.43 Å². The first kappa shape index (κ1) is 42.7. The third-order valence-corrected chi connectivity index (χ3v) is 0. The maximum Gasteiger partial charge on any atom is 0 e. The van der Waals surface area contributed by atoms with Gasteiger partial charge in [-0.3, -0.25) is 0 Å². The van der Waals surface area contributed by atoms with Gasteiger partial charge in [0.25, 0.3) is 0 Å². The molecule has 0 bridgehead atoms. The van der Waals surface area contributed by atoms with Crippen molar-refractivity contribution in [3.05, 3.63) is 0 Å². The summed E-state index contributed by atoms with van der Waals surface area (Å²) >= 11 is 0. The zero-order valence-electron chi connectivity index (χ0n) is 1.54. The van der Waals surface area contributed by atoms with Crippen molar-refractivity contribution in [2.75, 3.05) is 0 Å². The second-order valence-electron chi connectivity index (χ2n) is 0. The minimum atomic E-state index is 0. The van der Waals surface area contributed by atoms with Gasteiger partial charge in [-0.15, -0.1) is 0 Å². The van der Waals surface area contributed by atoms with Crippen LogP contribution in [0.25, 0.3) is 0 Å². The van der Waals surface area contributed by atoms with Gasteiger partial charge in [-0.05, 0) is 0 Å². The average molecular weight is 228 g/mol. The van der Waals surface area contributed by atoms with Crippen molar-refractivity contribution >= 4 is 33.8 Å². The summed E-state index contributed by atoms with van der Waals surface area (Å²) < 4.78 is 0. The van der Waals surface area contributed by atoms with Crippen molar-refractivity contribution in [1.82, 2.24) is 0 Å². The van der Waals surface area contributed by atoms with Gasteiger partial charge in [0.15, 0.2) is 0 Å². The summed E-state index contributed by atoms with van der Waals surface area (Å²) in [7, 11) is 0. The van der Waals surface area contributed by atoms with Crippen molar-refractivity contribution in [2.45, 2.75) is 7.43 Å². The van der Waals surface area contributed by atoms with E-state index >= 15 is 0 Å². The molecule has 0 fully saturated rings. The molecule has 0 aromatic carbocycles. The van der Waals surface area contributed by atoms with Crippen LogP contribution in [-0.2, 0) is 16.8 Å². The molecule has 1 atom stereocenters. The second-order valence-corrected chi connectivity index (χ2v) is 0. The first-order valence-corrected chi connectivity index (χ1v) is 0. The van der Waals surface area contributed by atoms with Crippen molar-refractivity contribution in [2.24, 2.45) is 0 Å². The van der Waals surface area contributed by atoms with Gasteiger partial charge in [0.1, 0.15) is 0 Å². The number of hydrogen-bond acceptors (Lipinski definition) is 0. The van der Waals surface area contributed by atoms with Crippen molar-refractivity contribution in [3.8, 4) is 0 Å². The molecule has 5 radical (unpaired) electrons. The maximum absolute atomic E-state index is 0. The fourth-order valence-corrected chi connectivity index (χ4v) is 0. The van der Waals surface area contributed by atoms with Gasteiger partial charge in [0.05, 0.1) is 0 Å². The van der Waals surface area contributed by atoms with E-state index in [1.165, 1.54) is 0 Å². The van der Waals surface area contributed by atoms with Gasteiger partial charge in [-0.2, -0.15) is 9.90 Å². The predicted molar refractivity (Wildman–Crippen MR) is 23.6 cm³/mol. The number of hydrogen-bond donors (Lipinski definition) is 0. The molecule has 29 valence electrons. The second kappa shape index (κ2) is 21.9. The summed E-state index contributed by atoms with van der Waals surface area (Å²) in [5.41, 5.74) is 0. The first-order chi connectivity index (χ1) is 0. The van der Waals surface area contributed by atoms with E-state index in [4.69, 9.17) is 0 Å². The number of rotatable bonds is 0. The van der Waals surface area contributed by atoms with E-state index in [0.717, 1.165) is 0 Å². The van der Waals surface area contributed by atoms with Crippen LogP contribution >= 0.6 is 9.90 Å². The third kappa shape index (κ3) is 9.28. The van der Waals surface area contributed by atoms with Crippen LogP contribution in [0, 0.1) is 0 Å². The Morgan fingerprint density at radius 2 is 1.00 bits per heavy atom. The Balaban J connectivity index is 0. The quantitative estimate of drug-likeness (QED) is 0.413. The monoisotopic (exact) mass is 229 g/mol. The molecule has 0 amide bonds. The standard InChI is InChI=1S/CH4.Co.H3P.Sn/h1H4;;1H3;. The summed E-state index contributed by atoms with van der Waals surface area (Å²) in [4.78, 5) is 0. The van der Waals surface area contributed by atoms with Crippen molar-refractivity contribution in [3.63, 3.8) is 0 Å². The van der Waals surface area contributed by atoms with E-state index in [1.54, 1.807) is 0 Å². The summed E-state index contributed by atoms with van der Waals surface area (Å²) in [6.07, 6.45) is 0. The van der Waals surface area contributed by atoms with Gasteiger partial charge in [-0.1, -0.05) is 7.43 Å². The topological polar surface area (TPSA) is 0 Å². The SMILES string of the molecule is C.P.[Co].[Sn]. The Kier molecular flexibility index (Phi) is 234. The molecular weight excluding hydrogens is 221 g/mol. The fourth-order valence-electron chi connectivity index (χ4n) is 0. The molecule has 0 saturated heterocycles. The molecule has 0 aliphatic rings. The van der Waals surface area contributed by atoms with Gasteiger partial charge < -0.3 is 0 Å². The summed E-state index contributed by atoms with van der Waals surface area (Å²) in [6, 6.07) is 0. The van der Waals surface area contributed by atoms with Crippen LogP contribution in [0.3, 0.4) is 0 Å². The average Bonchev–Trinajstić information content (AvgIpc) is 0. The minimum absolute atomic E-state index is 0. The molecule has 0 rings (SSSR count). The Morgan fingerprint density at radius 3 is 1.00 bits per heavy atom. The zero-order valence-corrected chi connectivity index (χ0v) is 6.85. The Morgan fingerprint density at radius 1 is 1.00 bits per heavy atom. The van der Waals surface area contributed by atoms with Crippen molar-refractivity contribution in [1.29, 1.82) is 0 Å². The molecule has 4 heavy (non-hydrogen) atoms. The summed E-state index contributed by atoms with van der Waals surface area (Å²) in [5.74, 6) is 0. The molecule has 0 N–H and O–H groups in total. The molecule has 0 saturated carbocycles. The Hall–Kier alpha value is 1.74. The largest absolute Gasteiger partial charge is 0.153 e. The van der Waals surface area contributed by atoms with Crippen LogP contribution in [-0.4, -0.2) is 23.9 Å². The molecule has 0 aliphatic heterocycles. The summed E-state index contributed by atoms with van der Waals surface area (Å²) in [6.45, 7) is 0. The van der Waals surface area contributed by atoms with Crippen LogP contribution in [0.5, 0.6) is 0 Å². The van der Waals surface area contributed by atoms with E-state index in [2.05, 4.69) is 0 Å². The zero-order chi connectivity index (χ0) is 0. The molecule has 0 aromatic heterocycles. The van der Waals surface area contributed by atoms with Gasteiger partial charge in [0, 0.05) is 40.7 Å². The molecule has 0 nitrogen and oxygen atoms in total. The molecule has 1 unspecified atom stereocenters. The van der Waals surface area contributed by atoms with E-state index in [1.807, 2.05) is 0 Å². The minimum Gasteiger partial charge on any atom is -0.153 e. The molecule has 0 spiro atoms. The van der Waals surface area contributed by atoms with Crippen LogP contribution < -0.4 is 0 Å². The maximum atomic E-state index is 0. The molecule has 0 aliphatic carbocycles. The normalized spacial score (nSPS) is 0. The third-order valence-electron chi connectivity index (χ3n) is 0. The van der Waals surface area contributed by atoms with E-state index in [0.29, 0.717) is 0 Å². The molecule has 0 aromatic rings. The van der Waals surface area contributed by atoms with Gasteiger partial charge in [-0.25, -0.2) is 0 Å². The van der Waals surface area contributed by atoms with E-state index in [-0.39, 0.29) is 58.0 Å². The van der Waals surface area contributed by atoms with E-state index in [9.17, 15) is 0 Å². The van der Waals surface area contributed by atoms with Crippen LogP contribution in [0.2, 0.25) is 0 Å². The molecule has 0 heterocycles. The predicted octanol–water partition coefficient (Wildman–Crippen LogP) is 0.311. The van der Waals surface area contributed by atoms with Gasteiger partial charge >= 0.3 is 0 Å². The Bertz CT molecular complexity index is 8.00. The summed E-state index contributed by atoms with van der Waals surface area (Å²) in [5, 5.41) is 0. The molecular formula is CH7CoPSn. The molecule has 3 heteroatoms. The first-order valence-electron chi connectivity index (χ1n) is 0. The van der Waals surface area contributed by atoms with Gasteiger partial charge in [0.2, 0.25) is 0 Å².